The molecule has 0 aromatic heterocycles. The molecule has 0 radical (unpaired) electrons. The first-order valence-electron chi connectivity index (χ1n) is 4.19. The van der Waals surface area contributed by atoms with Gasteiger partial charge in [0.25, 0.3) is 0 Å². The maximum atomic E-state index is 12.3. The molecule has 0 atom stereocenters. The van der Waals surface area contributed by atoms with Gasteiger partial charge in [0.15, 0.2) is 0 Å². The maximum absolute atomic E-state index is 12.3. The lowest BCUT2D eigenvalue weighted by atomic mass is 10.1. The van der Waals surface area contributed by atoms with E-state index in [1.54, 1.807) is 0 Å². The lowest BCUT2D eigenvalue weighted by Gasteiger charge is -2.08. The molecule has 1 aromatic carbocycles. The number of benzene rings is 1. The minimum atomic E-state index is -4.37. The standard InChI is InChI=1S/C10H9F3O2/c1-7(14)15-6-8-3-2-4-9(5-8)10(11,12)13/h2-5H,6H2,1H3. The third kappa shape index (κ3) is 3.61. The normalized spacial score (nSPS) is 11.2. The van der Waals surface area contributed by atoms with Gasteiger partial charge < -0.3 is 4.74 Å². The highest BCUT2D eigenvalue weighted by molar-refractivity contribution is 5.65. The number of hydrogen-bond acceptors (Lipinski definition) is 2. The van der Waals surface area contributed by atoms with E-state index >= 15 is 0 Å². The van der Waals surface area contributed by atoms with Gasteiger partial charge in [-0.2, -0.15) is 13.2 Å². The quantitative estimate of drug-likeness (QED) is 0.713. The zero-order chi connectivity index (χ0) is 11.5. The van der Waals surface area contributed by atoms with Crippen molar-refractivity contribution < 1.29 is 22.7 Å². The van der Waals surface area contributed by atoms with Gasteiger partial charge in [-0.1, -0.05) is 12.1 Å². The van der Waals surface area contributed by atoms with Gasteiger partial charge >= 0.3 is 12.1 Å². The highest BCUT2D eigenvalue weighted by atomic mass is 19.4. The lowest BCUT2D eigenvalue weighted by molar-refractivity contribution is -0.142. The molecular weight excluding hydrogens is 209 g/mol. The Hall–Kier alpha value is -1.52. The predicted octanol–water partition coefficient (Wildman–Crippen LogP) is 2.77. The number of carbonyl (C=O) groups excluding carboxylic acids is 1. The molecule has 0 saturated carbocycles. The van der Waals surface area contributed by atoms with Crippen molar-refractivity contribution in [2.24, 2.45) is 0 Å². The summed E-state index contributed by atoms with van der Waals surface area (Å²) in [5.41, 5.74) is -0.424. The summed E-state index contributed by atoms with van der Waals surface area (Å²) in [7, 11) is 0. The fourth-order valence-electron chi connectivity index (χ4n) is 1.02. The first-order valence-corrected chi connectivity index (χ1v) is 4.19. The molecule has 0 aliphatic heterocycles. The summed E-state index contributed by atoms with van der Waals surface area (Å²) in [6.45, 7) is 1.06. The summed E-state index contributed by atoms with van der Waals surface area (Å²) in [4.78, 5) is 10.5. The lowest BCUT2D eigenvalue weighted by Crippen LogP contribution is -2.06. The minimum Gasteiger partial charge on any atom is -0.461 e. The Labute approximate surface area is 84.7 Å². The van der Waals surface area contributed by atoms with Crippen LogP contribution in [0.1, 0.15) is 18.1 Å². The zero-order valence-corrected chi connectivity index (χ0v) is 7.97. The molecule has 0 N–H and O–H groups in total. The fraction of sp³-hybridized carbons (Fsp3) is 0.300. The van der Waals surface area contributed by atoms with Crippen LogP contribution in [-0.2, 0) is 22.3 Å². The maximum Gasteiger partial charge on any atom is 0.416 e. The molecule has 0 unspecified atom stereocenters. The third-order valence-corrected chi connectivity index (χ3v) is 1.70. The van der Waals surface area contributed by atoms with E-state index in [1.165, 1.54) is 19.1 Å². The number of rotatable bonds is 2. The van der Waals surface area contributed by atoms with Crippen molar-refractivity contribution in [2.45, 2.75) is 19.7 Å². The minimum absolute atomic E-state index is 0.140. The summed E-state index contributed by atoms with van der Waals surface area (Å²) >= 11 is 0. The highest BCUT2D eigenvalue weighted by Crippen LogP contribution is 2.29. The van der Waals surface area contributed by atoms with Gasteiger partial charge in [0.1, 0.15) is 6.61 Å². The molecule has 0 fully saturated rings. The second-order valence-corrected chi connectivity index (χ2v) is 2.98. The average Bonchev–Trinajstić information content (AvgIpc) is 2.14. The highest BCUT2D eigenvalue weighted by Gasteiger charge is 2.30. The SMILES string of the molecule is CC(=O)OCc1cccc(C(F)(F)F)c1. The molecule has 0 heterocycles. The van der Waals surface area contributed by atoms with Gasteiger partial charge in [0.05, 0.1) is 5.56 Å². The molecule has 15 heavy (non-hydrogen) atoms. The van der Waals surface area contributed by atoms with Crippen LogP contribution in [0, 0.1) is 0 Å². The second-order valence-electron chi connectivity index (χ2n) is 2.98. The van der Waals surface area contributed by atoms with Gasteiger partial charge in [0.2, 0.25) is 0 Å². The molecule has 0 aliphatic carbocycles. The van der Waals surface area contributed by atoms with Crippen molar-refractivity contribution in [3.8, 4) is 0 Å². The number of carbonyl (C=O) groups is 1. The van der Waals surface area contributed by atoms with E-state index in [4.69, 9.17) is 0 Å². The second kappa shape index (κ2) is 4.33. The van der Waals surface area contributed by atoms with E-state index in [0.29, 0.717) is 5.56 Å². The Morgan fingerprint density at radius 1 is 1.40 bits per heavy atom. The van der Waals surface area contributed by atoms with Crippen LogP contribution < -0.4 is 0 Å². The third-order valence-electron chi connectivity index (χ3n) is 1.70. The summed E-state index contributed by atoms with van der Waals surface area (Å²) in [6, 6.07) is 4.68. The van der Waals surface area contributed by atoms with Crippen LogP contribution in [0.5, 0.6) is 0 Å². The van der Waals surface area contributed by atoms with E-state index in [1.807, 2.05) is 0 Å². The number of esters is 1. The van der Waals surface area contributed by atoms with Crippen LogP contribution in [0.3, 0.4) is 0 Å². The predicted molar refractivity (Wildman–Crippen MR) is 46.9 cm³/mol. The fourth-order valence-corrected chi connectivity index (χ4v) is 1.02. The Kier molecular flexibility index (Phi) is 3.34. The Balaban J connectivity index is 2.79. The Morgan fingerprint density at radius 2 is 2.07 bits per heavy atom. The van der Waals surface area contributed by atoms with Crippen LogP contribution in [0.15, 0.2) is 24.3 Å². The smallest absolute Gasteiger partial charge is 0.416 e. The van der Waals surface area contributed by atoms with Gasteiger partial charge in [-0.15, -0.1) is 0 Å². The Morgan fingerprint density at radius 3 is 2.60 bits per heavy atom. The molecule has 1 rings (SSSR count). The largest absolute Gasteiger partial charge is 0.461 e. The van der Waals surface area contributed by atoms with Gasteiger partial charge in [-0.05, 0) is 17.7 Å². The van der Waals surface area contributed by atoms with Gasteiger partial charge in [0, 0.05) is 6.92 Å². The first kappa shape index (κ1) is 11.6. The number of halogens is 3. The van der Waals surface area contributed by atoms with Gasteiger partial charge in [-0.25, -0.2) is 0 Å². The molecule has 0 amide bonds. The summed E-state index contributed by atoms with van der Waals surface area (Å²) in [5, 5.41) is 0. The number of ether oxygens (including phenoxy) is 1. The molecule has 0 spiro atoms. The summed E-state index contributed by atoms with van der Waals surface area (Å²) < 4.78 is 41.4. The van der Waals surface area contributed by atoms with E-state index in [2.05, 4.69) is 4.74 Å². The number of hydrogen-bond donors (Lipinski definition) is 0. The molecule has 82 valence electrons. The van der Waals surface area contributed by atoms with Crippen molar-refractivity contribution in [3.05, 3.63) is 35.4 Å². The topological polar surface area (TPSA) is 26.3 Å². The number of alkyl halides is 3. The van der Waals surface area contributed by atoms with Crippen molar-refractivity contribution in [1.29, 1.82) is 0 Å². The monoisotopic (exact) mass is 218 g/mol. The summed E-state index contributed by atoms with van der Waals surface area (Å²) in [6.07, 6.45) is -4.37. The molecule has 5 heteroatoms. The zero-order valence-electron chi connectivity index (χ0n) is 7.97. The van der Waals surface area contributed by atoms with Crippen LogP contribution in [0.2, 0.25) is 0 Å². The van der Waals surface area contributed by atoms with Crippen LogP contribution in [-0.4, -0.2) is 5.97 Å². The molecular formula is C10H9F3O2. The van der Waals surface area contributed by atoms with E-state index < -0.39 is 17.7 Å². The summed E-state index contributed by atoms with van der Waals surface area (Å²) in [5.74, 6) is -0.521. The van der Waals surface area contributed by atoms with Crippen molar-refractivity contribution in [3.63, 3.8) is 0 Å². The molecule has 0 saturated heterocycles. The molecule has 1 aromatic rings. The van der Waals surface area contributed by atoms with Crippen molar-refractivity contribution in [2.75, 3.05) is 0 Å². The van der Waals surface area contributed by atoms with Crippen molar-refractivity contribution >= 4 is 5.97 Å². The van der Waals surface area contributed by atoms with E-state index in [0.717, 1.165) is 12.1 Å². The van der Waals surface area contributed by atoms with E-state index in [9.17, 15) is 18.0 Å². The van der Waals surface area contributed by atoms with Crippen molar-refractivity contribution in [1.82, 2.24) is 0 Å². The first-order chi connectivity index (χ1) is 6.89. The molecule has 0 bridgehead atoms. The van der Waals surface area contributed by atoms with Crippen LogP contribution in [0.4, 0.5) is 13.2 Å². The van der Waals surface area contributed by atoms with E-state index in [-0.39, 0.29) is 6.61 Å². The Bertz CT molecular complexity index is 358. The average molecular weight is 218 g/mol. The molecule has 2 nitrogen and oxygen atoms in total. The van der Waals surface area contributed by atoms with Crippen LogP contribution in [0.25, 0.3) is 0 Å². The van der Waals surface area contributed by atoms with Gasteiger partial charge in [-0.3, -0.25) is 4.79 Å². The molecule has 0 aliphatic rings. The van der Waals surface area contributed by atoms with Crippen LogP contribution >= 0.6 is 0 Å².